The predicted octanol–water partition coefficient (Wildman–Crippen LogP) is 3.77. The van der Waals surface area contributed by atoms with Crippen molar-refractivity contribution in [3.63, 3.8) is 0 Å². The lowest BCUT2D eigenvalue weighted by atomic mass is 9.98. The summed E-state index contributed by atoms with van der Waals surface area (Å²) in [5.74, 6) is -1.73. The Morgan fingerprint density at radius 3 is 2.66 bits per heavy atom. The maximum absolute atomic E-state index is 12.6. The van der Waals surface area contributed by atoms with Gasteiger partial charge in [0.1, 0.15) is 0 Å². The molecule has 2 aliphatic rings. The molecule has 1 aliphatic carbocycles. The number of carboxylic acid groups (broad SMARTS) is 1. The van der Waals surface area contributed by atoms with E-state index < -0.39 is 12.1 Å². The fourth-order valence-corrected chi connectivity index (χ4v) is 4.11. The lowest BCUT2D eigenvalue weighted by Gasteiger charge is -2.32. The number of carboxylic acids is 1. The van der Waals surface area contributed by atoms with Gasteiger partial charge >= 0.3 is 12.1 Å². The first-order valence-electron chi connectivity index (χ1n) is 10.0. The highest BCUT2D eigenvalue weighted by Gasteiger charge is 2.38. The number of hydrogen-bond acceptors (Lipinski definition) is 5. The number of hydrogen-bond donors (Lipinski definition) is 1. The fraction of sp³-hybridized carbons (Fsp3) is 0.476. The van der Waals surface area contributed by atoms with Crippen LogP contribution >= 0.6 is 11.3 Å². The number of nitrogens with zero attached hydrogens (tertiary/aromatic N) is 3. The zero-order chi connectivity index (χ0) is 23.3. The molecule has 0 radical (unpaired) electrons. The molecule has 0 bridgehead atoms. The van der Waals surface area contributed by atoms with E-state index in [0.29, 0.717) is 19.7 Å². The van der Waals surface area contributed by atoms with E-state index in [0.717, 1.165) is 23.0 Å². The first-order valence-corrected chi connectivity index (χ1v) is 10.9. The molecule has 0 aromatic carbocycles. The highest BCUT2D eigenvalue weighted by Crippen LogP contribution is 2.34. The van der Waals surface area contributed by atoms with Crippen molar-refractivity contribution in [2.75, 3.05) is 20.3 Å². The zero-order valence-electron chi connectivity index (χ0n) is 17.4. The van der Waals surface area contributed by atoms with Gasteiger partial charge in [0, 0.05) is 42.8 Å². The molecule has 1 saturated carbocycles. The Balaban J connectivity index is 0.000000360. The van der Waals surface area contributed by atoms with Crippen LogP contribution in [0.15, 0.2) is 29.9 Å². The van der Waals surface area contributed by atoms with Crippen LogP contribution in [-0.4, -0.2) is 57.9 Å². The lowest BCUT2D eigenvalue weighted by Crippen LogP contribution is -2.39. The Morgan fingerprint density at radius 1 is 1.38 bits per heavy atom. The molecule has 1 aliphatic heterocycles. The molecule has 3 heterocycles. The Bertz CT molecular complexity index is 952. The molecule has 1 N–H and O–H groups in total. The molecule has 174 valence electrons. The smallest absolute Gasteiger partial charge is 0.475 e. The van der Waals surface area contributed by atoms with Crippen LogP contribution in [0.1, 0.15) is 35.0 Å². The molecule has 1 amide bonds. The lowest BCUT2D eigenvalue weighted by molar-refractivity contribution is -0.192. The number of thiophene rings is 1. The molecular formula is C21H24F3N3O4S. The van der Waals surface area contributed by atoms with Gasteiger partial charge in [0.2, 0.25) is 5.91 Å². The molecule has 2 aromatic heterocycles. The second-order valence-corrected chi connectivity index (χ2v) is 8.67. The van der Waals surface area contributed by atoms with Crippen molar-refractivity contribution in [3.8, 4) is 0 Å². The average molecular weight is 472 g/mol. The minimum absolute atomic E-state index is 0.0388. The predicted molar refractivity (Wildman–Crippen MR) is 112 cm³/mol. The van der Waals surface area contributed by atoms with E-state index in [1.54, 1.807) is 24.5 Å². The number of halogens is 3. The SMILES string of the molecule is COCC1CN(C(=O)/C=C/c2cccs2)Cc2ncn(CC3CC3)c21.O=C(O)C(F)(F)F. The molecule has 7 nitrogen and oxygen atoms in total. The van der Waals surface area contributed by atoms with Crippen molar-refractivity contribution in [2.24, 2.45) is 5.92 Å². The Labute approximate surface area is 187 Å². The fourth-order valence-electron chi connectivity index (χ4n) is 3.49. The van der Waals surface area contributed by atoms with E-state index >= 15 is 0 Å². The van der Waals surface area contributed by atoms with Crippen molar-refractivity contribution >= 4 is 29.3 Å². The molecule has 1 unspecified atom stereocenters. The summed E-state index contributed by atoms with van der Waals surface area (Å²) in [5, 5.41) is 9.14. The number of ether oxygens (including phenoxy) is 1. The molecule has 2 aromatic rings. The van der Waals surface area contributed by atoms with E-state index in [4.69, 9.17) is 14.6 Å². The van der Waals surface area contributed by atoms with Gasteiger partial charge in [-0.2, -0.15) is 13.2 Å². The normalized spacial score (nSPS) is 18.2. The summed E-state index contributed by atoms with van der Waals surface area (Å²) in [6.45, 7) is 2.93. The number of aromatic nitrogens is 2. The van der Waals surface area contributed by atoms with Crippen molar-refractivity contribution < 1.29 is 32.6 Å². The van der Waals surface area contributed by atoms with E-state index in [2.05, 4.69) is 9.55 Å². The van der Waals surface area contributed by atoms with Gasteiger partial charge in [0.25, 0.3) is 0 Å². The largest absolute Gasteiger partial charge is 0.490 e. The van der Waals surface area contributed by atoms with E-state index in [1.165, 1.54) is 18.5 Å². The van der Waals surface area contributed by atoms with E-state index in [-0.39, 0.29) is 11.8 Å². The summed E-state index contributed by atoms with van der Waals surface area (Å²) in [6.07, 6.45) is 3.06. The van der Waals surface area contributed by atoms with Crippen molar-refractivity contribution in [3.05, 3.63) is 46.2 Å². The van der Waals surface area contributed by atoms with E-state index in [1.807, 2.05) is 34.8 Å². The van der Waals surface area contributed by atoms with Crippen LogP contribution in [0.2, 0.25) is 0 Å². The third kappa shape index (κ3) is 6.42. The Kier molecular flexibility index (Phi) is 7.73. The third-order valence-corrected chi connectivity index (χ3v) is 5.97. The summed E-state index contributed by atoms with van der Waals surface area (Å²) >= 11 is 1.63. The van der Waals surface area contributed by atoms with Crippen molar-refractivity contribution in [2.45, 2.75) is 38.0 Å². The number of alkyl halides is 3. The van der Waals surface area contributed by atoms with Gasteiger partial charge in [0.05, 0.1) is 25.2 Å². The standard InChI is InChI=1S/C19H23N3O2S.C2HF3O2/c1-24-12-15-10-21(18(23)7-6-16-3-2-8-25-16)11-17-19(15)22(13-20-17)9-14-4-5-14;3-2(4,5)1(6)7/h2-3,6-8,13-15H,4-5,9-12H2,1H3;(H,6,7)/b7-6+;. The molecule has 32 heavy (non-hydrogen) atoms. The van der Waals surface area contributed by atoms with Crippen molar-refractivity contribution in [1.82, 2.24) is 14.5 Å². The van der Waals surface area contributed by atoms with Gasteiger partial charge in [-0.1, -0.05) is 6.07 Å². The summed E-state index contributed by atoms with van der Waals surface area (Å²) < 4.78 is 39.5. The molecule has 4 rings (SSSR count). The quantitative estimate of drug-likeness (QED) is 0.649. The summed E-state index contributed by atoms with van der Waals surface area (Å²) in [5.41, 5.74) is 2.28. The number of aliphatic carboxylic acids is 1. The van der Waals surface area contributed by atoms with E-state index in [9.17, 15) is 18.0 Å². The van der Waals surface area contributed by atoms with Gasteiger partial charge < -0.3 is 19.3 Å². The third-order valence-electron chi connectivity index (χ3n) is 5.13. The van der Waals surface area contributed by atoms with Gasteiger partial charge in [-0.3, -0.25) is 4.79 Å². The second kappa shape index (κ2) is 10.3. The molecule has 0 spiro atoms. The number of amides is 1. The summed E-state index contributed by atoms with van der Waals surface area (Å²) in [7, 11) is 1.72. The molecule has 11 heteroatoms. The summed E-state index contributed by atoms with van der Waals surface area (Å²) in [4.78, 5) is 29.1. The zero-order valence-corrected chi connectivity index (χ0v) is 18.2. The van der Waals surface area contributed by atoms with Gasteiger partial charge in [-0.15, -0.1) is 11.3 Å². The van der Waals surface area contributed by atoms with Crippen LogP contribution in [-0.2, 0) is 27.4 Å². The van der Waals surface area contributed by atoms with Crippen LogP contribution in [0, 0.1) is 5.92 Å². The number of fused-ring (bicyclic) bond motifs is 1. The molecule has 1 atom stereocenters. The van der Waals surface area contributed by atoms with Crippen LogP contribution in [0.5, 0.6) is 0 Å². The summed E-state index contributed by atoms with van der Waals surface area (Å²) in [6, 6.07) is 4.00. The number of carbonyl (C=O) groups is 2. The minimum Gasteiger partial charge on any atom is -0.475 e. The average Bonchev–Trinajstić information content (AvgIpc) is 3.22. The van der Waals surface area contributed by atoms with Gasteiger partial charge in [0.15, 0.2) is 0 Å². The topological polar surface area (TPSA) is 84.7 Å². The maximum Gasteiger partial charge on any atom is 0.490 e. The first-order chi connectivity index (χ1) is 15.2. The van der Waals surface area contributed by atoms with Crippen LogP contribution in [0.4, 0.5) is 13.2 Å². The van der Waals surface area contributed by atoms with Crippen molar-refractivity contribution in [1.29, 1.82) is 0 Å². The maximum atomic E-state index is 12.6. The van der Waals surface area contributed by atoms with Crippen LogP contribution < -0.4 is 0 Å². The number of rotatable bonds is 6. The monoisotopic (exact) mass is 471 g/mol. The number of imidazole rings is 1. The van der Waals surface area contributed by atoms with Crippen LogP contribution in [0.3, 0.4) is 0 Å². The first kappa shape index (κ1) is 24.0. The molecule has 1 fully saturated rings. The second-order valence-electron chi connectivity index (χ2n) is 7.69. The number of carbonyl (C=O) groups excluding carboxylic acids is 1. The minimum atomic E-state index is -5.08. The van der Waals surface area contributed by atoms with Gasteiger partial charge in [-0.25, -0.2) is 9.78 Å². The van der Waals surface area contributed by atoms with Crippen LogP contribution in [0.25, 0.3) is 6.08 Å². The highest BCUT2D eigenvalue weighted by atomic mass is 32.1. The van der Waals surface area contributed by atoms with Gasteiger partial charge in [-0.05, 0) is 36.3 Å². The number of methoxy groups -OCH3 is 1. The highest BCUT2D eigenvalue weighted by molar-refractivity contribution is 7.10. The molecular weight excluding hydrogens is 447 g/mol. The molecule has 0 saturated heterocycles. The Morgan fingerprint density at radius 2 is 2.09 bits per heavy atom. The Hall–Kier alpha value is -2.66.